The summed E-state index contributed by atoms with van der Waals surface area (Å²) in [4.78, 5) is 72.9. The number of rotatable bonds is 4. The molecule has 1 spiro atoms. The Labute approximate surface area is 289 Å². The highest BCUT2D eigenvalue weighted by Gasteiger charge is 2.45. The lowest BCUT2D eigenvalue weighted by Gasteiger charge is -2.41. The van der Waals surface area contributed by atoms with Crippen molar-refractivity contribution < 1.29 is 33.4 Å². The molecule has 0 aliphatic carbocycles. The lowest BCUT2D eigenvalue weighted by atomic mass is 9.89. The number of nitrogens with one attached hydrogen (secondary N) is 4. The van der Waals surface area contributed by atoms with Crippen LogP contribution in [0.1, 0.15) is 43.0 Å². The quantitative estimate of drug-likeness (QED) is 0.300. The van der Waals surface area contributed by atoms with E-state index in [0.717, 1.165) is 10.6 Å². The molecule has 4 N–H and O–H groups in total. The van der Waals surface area contributed by atoms with Crippen molar-refractivity contribution >= 4 is 40.9 Å². The van der Waals surface area contributed by atoms with Crippen LogP contribution < -0.4 is 30.7 Å². The van der Waals surface area contributed by atoms with Gasteiger partial charge in [-0.05, 0) is 50.6 Å². The van der Waals surface area contributed by atoms with Gasteiger partial charge in [0.05, 0.1) is 23.7 Å². The van der Waals surface area contributed by atoms with Crippen LogP contribution in [-0.2, 0) is 36.8 Å². The van der Waals surface area contributed by atoms with Crippen molar-refractivity contribution in [2.24, 2.45) is 0 Å². The van der Waals surface area contributed by atoms with Crippen LogP contribution >= 0.6 is 11.3 Å². The van der Waals surface area contributed by atoms with E-state index in [2.05, 4.69) is 26.3 Å². The van der Waals surface area contributed by atoms with Gasteiger partial charge in [-0.3, -0.25) is 24.0 Å². The third kappa shape index (κ3) is 9.34. The first-order valence-electron chi connectivity index (χ1n) is 16.4. The van der Waals surface area contributed by atoms with Gasteiger partial charge in [0.1, 0.15) is 36.2 Å². The Balaban J connectivity index is 1.36. The SMILES string of the molecule is Cc1nc(CC(=O)N2CCC3(CC2)Oc2ccc(cc2)OCCNC(=O)[C@H](C)NC(=O)[C@H](Cc2ccccc2)NC(=O)[C@H](C)NC3=O)cs1. The van der Waals surface area contributed by atoms with Gasteiger partial charge < -0.3 is 35.6 Å². The number of carbonyl (C=O) groups is 5. The van der Waals surface area contributed by atoms with Crippen molar-refractivity contribution in [2.45, 2.75) is 70.2 Å². The van der Waals surface area contributed by atoms with Crippen LogP contribution in [0.4, 0.5) is 0 Å². The monoisotopic (exact) mass is 690 g/mol. The van der Waals surface area contributed by atoms with Crippen molar-refractivity contribution in [1.29, 1.82) is 0 Å². The van der Waals surface area contributed by atoms with E-state index in [1.807, 2.05) is 42.6 Å². The predicted molar refractivity (Wildman–Crippen MR) is 182 cm³/mol. The smallest absolute Gasteiger partial charge is 0.264 e. The van der Waals surface area contributed by atoms with Crippen molar-refractivity contribution in [3.8, 4) is 11.5 Å². The molecule has 1 fully saturated rings. The highest BCUT2D eigenvalue weighted by Crippen LogP contribution is 2.31. The number of thiazole rings is 1. The number of ether oxygens (including phenoxy) is 2. The highest BCUT2D eigenvalue weighted by molar-refractivity contribution is 7.09. The number of hydrogen-bond donors (Lipinski definition) is 4. The van der Waals surface area contributed by atoms with Gasteiger partial charge in [-0.2, -0.15) is 0 Å². The molecular formula is C35H42N6O7S. The van der Waals surface area contributed by atoms with E-state index < -0.39 is 47.4 Å². The summed E-state index contributed by atoms with van der Waals surface area (Å²) in [6, 6.07) is 13.0. The molecule has 4 heterocycles. The fraction of sp³-hybridized carbons (Fsp3) is 0.429. The third-order valence-electron chi connectivity index (χ3n) is 8.55. The summed E-state index contributed by atoms with van der Waals surface area (Å²) in [6.45, 7) is 5.87. The van der Waals surface area contributed by atoms with E-state index in [1.54, 1.807) is 36.1 Å². The van der Waals surface area contributed by atoms with Crippen molar-refractivity contribution in [3.63, 3.8) is 0 Å². The molecule has 1 aromatic heterocycles. The van der Waals surface area contributed by atoms with Gasteiger partial charge in [0.25, 0.3) is 5.91 Å². The first kappa shape index (κ1) is 35.3. The van der Waals surface area contributed by atoms with Crippen LogP contribution in [0.3, 0.4) is 0 Å². The molecule has 3 atom stereocenters. The molecule has 49 heavy (non-hydrogen) atoms. The summed E-state index contributed by atoms with van der Waals surface area (Å²) in [7, 11) is 0. The van der Waals surface area contributed by atoms with Gasteiger partial charge >= 0.3 is 0 Å². The molecule has 6 rings (SSSR count). The zero-order chi connectivity index (χ0) is 35.0. The average Bonchev–Trinajstić information content (AvgIpc) is 3.51. The minimum absolute atomic E-state index is 0.0880. The van der Waals surface area contributed by atoms with Gasteiger partial charge in [-0.15, -0.1) is 11.3 Å². The molecule has 2 bridgehead atoms. The average molecular weight is 691 g/mol. The molecule has 2 aromatic carbocycles. The van der Waals surface area contributed by atoms with Crippen molar-refractivity contribution in [1.82, 2.24) is 31.2 Å². The maximum absolute atomic E-state index is 14.0. The fourth-order valence-electron chi connectivity index (χ4n) is 5.70. The summed E-state index contributed by atoms with van der Waals surface area (Å²) >= 11 is 1.49. The molecule has 13 nitrogen and oxygen atoms in total. The van der Waals surface area contributed by atoms with E-state index in [1.165, 1.54) is 18.3 Å². The molecule has 0 saturated carbocycles. The van der Waals surface area contributed by atoms with Crippen LogP contribution in [0.15, 0.2) is 60.0 Å². The van der Waals surface area contributed by atoms with Crippen LogP contribution in [-0.4, -0.2) is 89.4 Å². The molecule has 0 unspecified atom stereocenters. The topological polar surface area (TPSA) is 168 Å². The summed E-state index contributed by atoms with van der Waals surface area (Å²) in [5.74, 6) is -1.20. The Bertz CT molecular complexity index is 1640. The largest absolute Gasteiger partial charge is 0.492 e. The Morgan fingerprint density at radius 1 is 0.898 bits per heavy atom. The van der Waals surface area contributed by atoms with E-state index >= 15 is 0 Å². The molecule has 5 amide bonds. The van der Waals surface area contributed by atoms with Crippen LogP contribution in [0, 0.1) is 6.92 Å². The van der Waals surface area contributed by atoms with Gasteiger partial charge in [0.15, 0.2) is 5.60 Å². The number of hydrogen-bond acceptors (Lipinski definition) is 9. The summed E-state index contributed by atoms with van der Waals surface area (Å²) in [6.07, 6.45) is 0.700. The lowest BCUT2D eigenvalue weighted by Crippen LogP contribution is -2.61. The minimum atomic E-state index is -1.38. The Hall–Kier alpha value is -4.98. The number of benzene rings is 2. The number of nitrogens with zero attached hydrogens (tertiary/aromatic N) is 2. The fourth-order valence-corrected chi connectivity index (χ4v) is 6.32. The van der Waals surface area contributed by atoms with Crippen LogP contribution in [0.25, 0.3) is 0 Å². The standard InChI is InChI=1S/C35H42N6O7S/c1-22-31(43)36-15-18-47-27-9-11-28(12-10-27)48-35(13-16-41(17-14-35)30(42)20-26-21-49-24(3)39-26)34(46)38-23(2)32(44)40-29(33(45)37-22)19-25-7-5-4-6-8-25/h4-12,21-23,29H,13-20H2,1-3H3,(H,36,43)(H,37,45)(H,38,46)(H,40,44)/t22-,23-,29-/m0/s1. The van der Waals surface area contributed by atoms with E-state index in [-0.39, 0.29) is 57.8 Å². The first-order chi connectivity index (χ1) is 23.5. The van der Waals surface area contributed by atoms with Crippen LogP contribution in [0.2, 0.25) is 0 Å². The van der Waals surface area contributed by atoms with Crippen LogP contribution in [0.5, 0.6) is 11.5 Å². The molecule has 0 radical (unpaired) electrons. The van der Waals surface area contributed by atoms with Crippen molar-refractivity contribution in [2.75, 3.05) is 26.2 Å². The molecule has 3 aromatic rings. The summed E-state index contributed by atoms with van der Waals surface area (Å²) in [5, 5.41) is 13.7. The molecule has 3 aliphatic heterocycles. The third-order valence-corrected chi connectivity index (χ3v) is 9.37. The Morgan fingerprint density at radius 2 is 1.57 bits per heavy atom. The second-order valence-corrected chi connectivity index (χ2v) is 13.4. The van der Waals surface area contributed by atoms with Gasteiger partial charge in [-0.1, -0.05) is 30.3 Å². The number of amides is 5. The second kappa shape index (κ2) is 15.9. The van der Waals surface area contributed by atoms with E-state index in [4.69, 9.17) is 9.47 Å². The maximum Gasteiger partial charge on any atom is 0.264 e. The first-order valence-corrected chi connectivity index (χ1v) is 17.2. The number of likely N-dealkylation sites (tertiary alicyclic amines) is 1. The number of aromatic nitrogens is 1. The van der Waals surface area contributed by atoms with Gasteiger partial charge in [0.2, 0.25) is 23.6 Å². The summed E-state index contributed by atoms with van der Waals surface area (Å²) in [5.41, 5.74) is 0.127. The van der Waals surface area contributed by atoms with E-state index in [0.29, 0.717) is 17.2 Å². The zero-order valence-electron chi connectivity index (χ0n) is 27.8. The zero-order valence-corrected chi connectivity index (χ0v) is 28.6. The highest BCUT2D eigenvalue weighted by atomic mass is 32.1. The molecule has 260 valence electrons. The number of aryl methyl sites for hydroxylation is 1. The maximum atomic E-state index is 14.0. The Kier molecular flexibility index (Phi) is 11.5. The molecule has 14 heteroatoms. The number of carbonyl (C=O) groups excluding carboxylic acids is 5. The lowest BCUT2D eigenvalue weighted by molar-refractivity contribution is -0.147. The molecule has 3 aliphatic rings. The Morgan fingerprint density at radius 3 is 2.24 bits per heavy atom. The molecule has 1 saturated heterocycles. The normalized spacial score (nSPS) is 22.2. The predicted octanol–water partition coefficient (Wildman–Crippen LogP) is 1.68. The van der Waals surface area contributed by atoms with E-state index in [9.17, 15) is 24.0 Å². The number of fused-ring (bicyclic) bond motifs is 15. The van der Waals surface area contributed by atoms with Gasteiger partial charge in [-0.25, -0.2) is 4.98 Å². The number of piperidine rings is 1. The molecular weight excluding hydrogens is 648 g/mol. The summed E-state index contributed by atoms with van der Waals surface area (Å²) < 4.78 is 12.2. The second-order valence-electron chi connectivity index (χ2n) is 12.3. The minimum Gasteiger partial charge on any atom is -0.492 e. The van der Waals surface area contributed by atoms with Gasteiger partial charge in [0, 0.05) is 37.7 Å². The van der Waals surface area contributed by atoms with Crippen molar-refractivity contribution in [3.05, 3.63) is 76.2 Å².